The average molecular weight is 337 g/mol. The number of hydrogen-bond donors (Lipinski definition) is 1. The van der Waals surface area contributed by atoms with Crippen LogP contribution >= 0.6 is 34.2 Å². The van der Waals surface area contributed by atoms with Crippen LogP contribution in [0.25, 0.3) is 0 Å². The fourth-order valence-corrected chi connectivity index (χ4v) is 3.17. The molecule has 1 aliphatic heterocycles. The highest BCUT2D eigenvalue weighted by Gasteiger charge is 2.22. The molecule has 15 heavy (non-hydrogen) atoms. The van der Waals surface area contributed by atoms with Crippen molar-refractivity contribution in [1.82, 2.24) is 5.32 Å². The quantitative estimate of drug-likeness (QED) is 0.836. The van der Waals surface area contributed by atoms with E-state index in [2.05, 4.69) is 38.9 Å². The normalized spacial score (nSPS) is 21.0. The summed E-state index contributed by atoms with van der Waals surface area (Å²) in [5.41, 5.74) is 1.30. The van der Waals surface area contributed by atoms with Gasteiger partial charge in [-0.2, -0.15) is 0 Å². The van der Waals surface area contributed by atoms with E-state index in [1.54, 1.807) is 0 Å². The predicted molar refractivity (Wildman–Crippen MR) is 73.8 cm³/mol. The summed E-state index contributed by atoms with van der Waals surface area (Å²) in [5, 5.41) is 4.14. The summed E-state index contributed by atoms with van der Waals surface area (Å²) in [6.07, 6.45) is 1.22. The standard InChI is InChI=1S/C11H14ClIN2/c1-14-9-4-5-15(7-9)11-3-2-8(12)6-10(11)13/h2-3,6,9,14H,4-5,7H2,1H3. The van der Waals surface area contributed by atoms with Crippen LogP contribution in [-0.4, -0.2) is 26.2 Å². The van der Waals surface area contributed by atoms with Gasteiger partial charge in [0.2, 0.25) is 0 Å². The van der Waals surface area contributed by atoms with Gasteiger partial charge in [0.05, 0.1) is 5.69 Å². The van der Waals surface area contributed by atoms with Crippen molar-refractivity contribution in [3.8, 4) is 0 Å². The van der Waals surface area contributed by atoms with E-state index in [1.165, 1.54) is 15.7 Å². The first kappa shape index (κ1) is 11.5. The van der Waals surface area contributed by atoms with E-state index in [0.29, 0.717) is 6.04 Å². The lowest BCUT2D eigenvalue weighted by Crippen LogP contribution is -2.29. The lowest BCUT2D eigenvalue weighted by atomic mass is 10.3. The van der Waals surface area contributed by atoms with Crippen molar-refractivity contribution >= 4 is 39.9 Å². The minimum Gasteiger partial charge on any atom is -0.369 e. The number of likely N-dealkylation sites (N-methyl/N-ethyl adjacent to an activating group) is 1. The minimum absolute atomic E-state index is 0.622. The summed E-state index contributed by atoms with van der Waals surface area (Å²) < 4.78 is 1.23. The van der Waals surface area contributed by atoms with Gasteiger partial charge in [-0.05, 0) is 54.3 Å². The molecule has 2 rings (SSSR count). The summed E-state index contributed by atoms with van der Waals surface area (Å²) in [5.74, 6) is 0. The average Bonchev–Trinajstić information content (AvgIpc) is 2.66. The third kappa shape index (κ3) is 2.57. The van der Waals surface area contributed by atoms with Crippen LogP contribution in [0.5, 0.6) is 0 Å². The van der Waals surface area contributed by atoms with Crippen molar-refractivity contribution in [2.24, 2.45) is 0 Å². The molecule has 0 bridgehead atoms. The van der Waals surface area contributed by atoms with Crippen LogP contribution in [0, 0.1) is 3.57 Å². The van der Waals surface area contributed by atoms with E-state index in [0.717, 1.165) is 18.1 Å². The highest BCUT2D eigenvalue weighted by Crippen LogP contribution is 2.28. The third-order valence-electron chi connectivity index (χ3n) is 2.85. The number of rotatable bonds is 2. The molecular formula is C11H14ClIN2. The van der Waals surface area contributed by atoms with Crippen molar-refractivity contribution in [3.05, 3.63) is 26.8 Å². The van der Waals surface area contributed by atoms with E-state index in [4.69, 9.17) is 11.6 Å². The monoisotopic (exact) mass is 336 g/mol. The lowest BCUT2D eigenvalue weighted by Gasteiger charge is -2.20. The molecule has 0 saturated carbocycles. The maximum atomic E-state index is 5.94. The number of halogens is 2. The number of benzene rings is 1. The largest absolute Gasteiger partial charge is 0.369 e. The Bertz CT molecular complexity index is 356. The third-order valence-corrected chi connectivity index (χ3v) is 3.95. The Morgan fingerprint density at radius 3 is 2.93 bits per heavy atom. The summed E-state index contributed by atoms with van der Waals surface area (Å²) in [7, 11) is 2.03. The first-order chi connectivity index (χ1) is 7.20. The van der Waals surface area contributed by atoms with Crippen LogP contribution in [0.1, 0.15) is 6.42 Å². The molecule has 0 radical (unpaired) electrons. The van der Waals surface area contributed by atoms with Gasteiger partial charge in [-0.3, -0.25) is 0 Å². The van der Waals surface area contributed by atoms with Crippen LogP contribution in [0.2, 0.25) is 5.02 Å². The molecular weight excluding hydrogens is 322 g/mol. The van der Waals surface area contributed by atoms with Gasteiger partial charge in [0.25, 0.3) is 0 Å². The van der Waals surface area contributed by atoms with Crippen LogP contribution < -0.4 is 10.2 Å². The van der Waals surface area contributed by atoms with Crippen molar-refractivity contribution in [2.75, 3.05) is 25.0 Å². The van der Waals surface area contributed by atoms with E-state index in [-0.39, 0.29) is 0 Å². The van der Waals surface area contributed by atoms with Crippen LogP contribution in [-0.2, 0) is 0 Å². The topological polar surface area (TPSA) is 15.3 Å². The Labute approximate surface area is 109 Å². The molecule has 1 saturated heterocycles. The zero-order valence-corrected chi connectivity index (χ0v) is 11.5. The highest BCUT2D eigenvalue weighted by molar-refractivity contribution is 14.1. The van der Waals surface area contributed by atoms with Crippen LogP contribution in [0.4, 0.5) is 5.69 Å². The molecule has 0 spiro atoms. The molecule has 4 heteroatoms. The summed E-state index contributed by atoms with van der Waals surface area (Å²) >= 11 is 8.29. The van der Waals surface area contributed by atoms with Gasteiger partial charge in [0.1, 0.15) is 0 Å². The first-order valence-corrected chi connectivity index (χ1v) is 6.53. The van der Waals surface area contributed by atoms with Gasteiger partial charge >= 0.3 is 0 Å². The maximum Gasteiger partial charge on any atom is 0.0503 e. The molecule has 1 fully saturated rings. The van der Waals surface area contributed by atoms with Crippen LogP contribution in [0.3, 0.4) is 0 Å². The molecule has 0 aliphatic carbocycles. The molecule has 0 aromatic heterocycles. The Morgan fingerprint density at radius 1 is 1.53 bits per heavy atom. The van der Waals surface area contributed by atoms with Crippen LogP contribution in [0.15, 0.2) is 18.2 Å². The number of nitrogens with zero attached hydrogens (tertiary/aromatic N) is 1. The van der Waals surface area contributed by atoms with E-state index < -0.39 is 0 Å². The Morgan fingerprint density at radius 2 is 2.33 bits per heavy atom. The second-order valence-electron chi connectivity index (χ2n) is 3.82. The second kappa shape index (κ2) is 4.89. The molecule has 1 aromatic carbocycles. The summed E-state index contributed by atoms with van der Waals surface area (Å²) in [6, 6.07) is 6.72. The zero-order chi connectivity index (χ0) is 10.8. The fourth-order valence-electron chi connectivity index (χ4n) is 1.95. The molecule has 2 nitrogen and oxygen atoms in total. The van der Waals surface area contributed by atoms with Crippen molar-refractivity contribution in [1.29, 1.82) is 0 Å². The maximum absolute atomic E-state index is 5.94. The molecule has 82 valence electrons. The Kier molecular flexibility index (Phi) is 3.74. The number of anilines is 1. The molecule has 1 aliphatic rings. The molecule has 1 aromatic rings. The number of nitrogens with one attached hydrogen (secondary N) is 1. The molecule has 1 heterocycles. The molecule has 1 atom stereocenters. The second-order valence-corrected chi connectivity index (χ2v) is 5.41. The highest BCUT2D eigenvalue weighted by atomic mass is 127. The SMILES string of the molecule is CNC1CCN(c2ccc(Cl)cc2I)C1. The van der Waals surface area contributed by atoms with Gasteiger partial charge in [-0.25, -0.2) is 0 Å². The molecule has 1 unspecified atom stereocenters. The lowest BCUT2D eigenvalue weighted by molar-refractivity contribution is 0.617. The van der Waals surface area contributed by atoms with Gasteiger partial charge in [0, 0.05) is 27.7 Å². The van der Waals surface area contributed by atoms with Gasteiger partial charge in [0.15, 0.2) is 0 Å². The molecule has 0 amide bonds. The summed E-state index contributed by atoms with van der Waals surface area (Å²) in [6.45, 7) is 2.22. The Balaban J connectivity index is 2.17. The first-order valence-electron chi connectivity index (χ1n) is 5.08. The van der Waals surface area contributed by atoms with E-state index in [1.807, 2.05) is 19.2 Å². The summed E-state index contributed by atoms with van der Waals surface area (Å²) in [4.78, 5) is 2.42. The van der Waals surface area contributed by atoms with Crippen molar-refractivity contribution in [3.63, 3.8) is 0 Å². The predicted octanol–water partition coefficient (Wildman–Crippen LogP) is 2.74. The van der Waals surface area contributed by atoms with Crippen molar-refractivity contribution < 1.29 is 0 Å². The molecule has 1 N–H and O–H groups in total. The number of hydrogen-bond acceptors (Lipinski definition) is 2. The van der Waals surface area contributed by atoms with E-state index >= 15 is 0 Å². The van der Waals surface area contributed by atoms with Gasteiger partial charge < -0.3 is 10.2 Å². The zero-order valence-electron chi connectivity index (χ0n) is 8.63. The fraction of sp³-hybridized carbons (Fsp3) is 0.455. The van der Waals surface area contributed by atoms with Gasteiger partial charge in [-0.1, -0.05) is 11.6 Å². The van der Waals surface area contributed by atoms with Gasteiger partial charge in [-0.15, -0.1) is 0 Å². The minimum atomic E-state index is 0.622. The van der Waals surface area contributed by atoms with Crippen molar-refractivity contribution in [2.45, 2.75) is 12.5 Å². The Hall–Kier alpha value is -0.000000000000000111. The van der Waals surface area contributed by atoms with E-state index in [9.17, 15) is 0 Å². The smallest absolute Gasteiger partial charge is 0.0503 e.